The molecule has 18 atom stereocenters. The van der Waals surface area contributed by atoms with Gasteiger partial charge < -0.3 is 68.7 Å². The number of cyclic esters (lactones) is 1. The molecular formula is C49H81ClN6O13. The first-order valence-electron chi connectivity index (χ1n) is 24.3. The number of hydrogen-bond donors (Lipinski definition) is 5. The fourth-order valence-electron chi connectivity index (χ4n) is 10.5. The number of esters is 1. The number of amides is 1. The Labute approximate surface area is 413 Å². The summed E-state index contributed by atoms with van der Waals surface area (Å²) in [6.07, 6.45) is -8.07. The average molecular weight is 998 g/mol. The van der Waals surface area contributed by atoms with Crippen molar-refractivity contribution in [2.45, 2.75) is 198 Å². The molecule has 20 heteroatoms. The maximum atomic E-state index is 14.5. The van der Waals surface area contributed by atoms with E-state index in [1.165, 1.54) is 14.0 Å². The predicted octanol–water partition coefficient (Wildman–Crippen LogP) is 4.13. The van der Waals surface area contributed by atoms with E-state index in [-0.39, 0.29) is 43.9 Å². The molecule has 0 spiro atoms. The van der Waals surface area contributed by atoms with Crippen LogP contribution in [0.25, 0.3) is 0 Å². The topological polar surface area (TPSA) is 229 Å². The van der Waals surface area contributed by atoms with E-state index in [1.54, 1.807) is 71.5 Å². The fraction of sp³-hybridized carbons (Fsp3) is 0.796. The average Bonchev–Trinajstić information content (AvgIpc) is 3.73. The summed E-state index contributed by atoms with van der Waals surface area (Å²) in [6, 6.07) is 6.49. The number of alkyl carbamates (subject to hydrolysis) is 1. The van der Waals surface area contributed by atoms with Crippen LogP contribution in [0, 0.1) is 17.8 Å². The maximum absolute atomic E-state index is 14.5. The molecule has 1 amide bonds. The van der Waals surface area contributed by atoms with Crippen LogP contribution in [0.15, 0.2) is 30.5 Å². The highest BCUT2D eigenvalue weighted by atomic mass is 35.5. The van der Waals surface area contributed by atoms with E-state index < -0.39 is 102 Å². The molecule has 3 aliphatic heterocycles. The van der Waals surface area contributed by atoms with Crippen LogP contribution in [0.1, 0.15) is 106 Å². The molecule has 69 heavy (non-hydrogen) atoms. The predicted molar refractivity (Wildman–Crippen MR) is 256 cm³/mol. The SMILES string of the molecule is CC[C@H]1OC(=O)[C@H](C)[C@@H](O[C@H]2C[C@@](C)(OC)[C@@H](OC(=O)NCc3cn(Cc4ccc(Cl)cc4)nn3)[C@H](C)O2)[C@H](C)[C@@H](O[C@@H]2O[C@H](C)C[C@H](N(C)C)[C@H]2O)[C@](C)(O)C[C@@H](C)CN(C)[C@H](C)[C@@H](O)[C@]1(C)O. The highest BCUT2D eigenvalue weighted by Crippen LogP contribution is 2.41. The normalized spacial score (nSPS) is 40.1. The van der Waals surface area contributed by atoms with Crippen molar-refractivity contribution in [3.05, 3.63) is 46.7 Å². The second-order valence-electron chi connectivity index (χ2n) is 20.9. The largest absolute Gasteiger partial charge is 0.459 e. The molecule has 19 nitrogen and oxygen atoms in total. The van der Waals surface area contributed by atoms with Gasteiger partial charge in [-0.05, 0) is 112 Å². The number of carbonyl (C=O) groups is 2. The molecule has 4 heterocycles. The van der Waals surface area contributed by atoms with Crippen LogP contribution in [0.5, 0.6) is 0 Å². The highest BCUT2D eigenvalue weighted by molar-refractivity contribution is 6.30. The first-order chi connectivity index (χ1) is 32.2. The second kappa shape index (κ2) is 23.7. The minimum atomic E-state index is -1.85. The summed E-state index contributed by atoms with van der Waals surface area (Å²) in [5.41, 5.74) is -3.16. The lowest BCUT2D eigenvalue weighted by Crippen LogP contribution is -2.61. The van der Waals surface area contributed by atoms with Gasteiger partial charge >= 0.3 is 12.1 Å². The number of aromatic nitrogens is 3. The van der Waals surface area contributed by atoms with Crippen molar-refractivity contribution in [1.29, 1.82) is 0 Å². The lowest BCUT2D eigenvalue weighted by Gasteiger charge is -2.49. The molecule has 392 valence electrons. The number of carbonyl (C=O) groups excluding carboxylic acids is 2. The summed E-state index contributed by atoms with van der Waals surface area (Å²) >= 11 is 6.02. The first-order valence-corrected chi connectivity index (χ1v) is 24.7. The smallest absolute Gasteiger partial charge is 0.407 e. The van der Waals surface area contributed by atoms with Crippen molar-refractivity contribution < 1.29 is 63.2 Å². The molecule has 3 aliphatic rings. The van der Waals surface area contributed by atoms with Crippen LogP contribution in [-0.4, -0.2) is 182 Å². The van der Waals surface area contributed by atoms with Gasteiger partial charge in [-0.2, -0.15) is 0 Å². The molecule has 0 radical (unpaired) electrons. The third-order valence-corrected chi connectivity index (χ3v) is 14.9. The first kappa shape index (κ1) is 56.9. The number of methoxy groups -OCH3 is 1. The lowest BCUT2D eigenvalue weighted by molar-refractivity contribution is -0.317. The Morgan fingerprint density at radius 3 is 2.29 bits per heavy atom. The molecule has 0 saturated carbocycles. The van der Waals surface area contributed by atoms with Crippen LogP contribution in [-0.2, 0) is 51.0 Å². The Morgan fingerprint density at radius 1 is 1.00 bits per heavy atom. The molecule has 0 bridgehead atoms. The van der Waals surface area contributed by atoms with Crippen LogP contribution in [0.2, 0.25) is 5.02 Å². The number of nitrogens with zero attached hydrogens (tertiary/aromatic N) is 5. The summed E-state index contributed by atoms with van der Waals surface area (Å²) in [5.74, 6) is -2.84. The van der Waals surface area contributed by atoms with E-state index >= 15 is 0 Å². The molecular weight excluding hydrogens is 916 g/mol. The van der Waals surface area contributed by atoms with E-state index in [0.29, 0.717) is 30.2 Å². The van der Waals surface area contributed by atoms with E-state index in [9.17, 15) is 30.0 Å². The summed E-state index contributed by atoms with van der Waals surface area (Å²) in [6.45, 7) is 18.4. The third-order valence-electron chi connectivity index (χ3n) is 14.7. The molecule has 3 fully saturated rings. The summed E-state index contributed by atoms with van der Waals surface area (Å²) in [7, 11) is 7.08. The molecule has 2 aromatic rings. The van der Waals surface area contributed by atoms with Gasteiger partial charge in [0.2, 0.25) is 0 Å². The molecule has 0 aliphatic carbocycles. The van der Waals surface area contributed by atoms with Crippen LogP contribution in [0.3, 0.4) is 0 Å². The lowest BCUT2D eigenvalue weighted by atomic mass is 9.77. The molecule has 3 saturated heterocycles. The van der Waals surface area contributed by atoms with Crippen molar-refractivity contribution in [3.8, 4) is 0 Å². The van der Waals surface area contributed by atoms with Crippen molar-refractivity contribution >= 4 is 23.7 Å². The number of hydrogen-bond acceptors (Lipinski definition) is 17. The minimum absolute atomic E-state index is 0.0317. The number of halogens is 1. The number of likely N-dealkylation sites (N-methyl/N-ethyl adjacent to an activating group) is 2. The van der Waals surface area contributed by atoms with Gasteiger partial charge in [-0.3, -0.25) is 4.79 Å². The molecule has 1 aromatic heterocycles. The van der Waals surface area contributed by atoms with Crippen molar-refractivity contribution in [1.82, 2.24) is 30.1 Å². The van der Waals surface area contributed by atoms with Gasteiger partial charge in [0.15, 0.2) is 18.7 Å². The zero-order valence-corrected chi connectivity index (χ0v) is 43.8. The Kier molecular flexibility index (Phi) is 19.5. The van der Waals surface area contributed by atoms with Crippen LogP contribution >= 0.6 is 11.6 Å². The molecule has 0 unspecified atom stereocenters. The number of aliphatic hydroxyl groups excluding tert-OH is 2. The number of aliphatic hydroxyl groups is 4. The van der Waals surface area contributed by atoms with Gasteiger partial charge in [-0.15, -0.1) is 5.10 Å². The van der Waals surface area contributed by atoms with Gasteiger partial charge in [-0.25, -0.2) is 9.48 Å². The Bertz CT molecular complexity index is 1960. The zero-order chi connectivity index (χ0) is 51.3. The van der Waals surface area contributed by atoms with Crippen molar-refractivity contribution in [2.75, 3.05) is 34.8 Å². The number of ether oxygens (including phenoxy) is 7. The molecule has 1 aromatic carbocycles. The number of rotatable bonds is 12. The molecule has 5 N–H and O–H groups in total. The van der Waals surface area contributed by atoms with Gasteiger partial charge in [0.05, 0.1) is 55.2 Å². The zero-order valence-electron chi connectivity index (χ0n) is 43.1. The third kappa shape index (κ3) is 13.9. The van der Waals surface area contributed by atoms with Gasteiger partial charge in [0.1, 0.15) is 35.2 Å². The van der Waals surface area contributed by atoms with E-state index in [0.717, 1.165) is 5.56 Å². The second-order valence-corrected chi connectivity index (χ2v) is 21.4. The van der Waals surface area contributed by atoms with Gasteiger partial charge in [0.25, 0.3) is 0 Å². The highest BCUT2D eigenvalue weighted by Gasteiger charge is 2.54. The summed E-state index contributed by atoms with van der Waals surface area (Å²) in [5, 5.41) is 59.7. The standard InChI is InChI=1S/C49H81ClN6O13/c1-15-37-49(10,62)41(58)31(6)55(13)24-27(2)21-47(8,61)42(68-45-39(57)36(54(11)12)20-28(3)64-45)29(4)40(30(5)44(59)66-37)67-38-22-48(9,63-14)43(32(7)65-38)69-46(60)51-23-35-26-56(53-52-35)25-33-16-18-34(50)19-17-33/h16-19,26-32,36-43,45,57-58,61-62H,15,20-25H2,1-14H3,(H,51,60)/t27-,28-,29+,30-,31-,32+,36+,37-,38+,39-,40+,41-,42-,43+,45+,47-,48-,49-/m1/s1. The van der Waals surface area contributed by atoms with Crippen LogP contribution in [0.4, 0.5) is 4.79 Å². The Balaban J connectivity index is 1.43. The number of benzene rings is 1. The maximum Gasteiger partial charge on any atom is 0.407 e. The Morgan fingerprint density at radius 2 is 1.67 bits per heavy atom. The van der Waals surface area contributed by atoms with Crippen molar-refractivity contribution in [3.63, 3.8) is 0 Å². The van der Waals surface area contributed by atoms with Crippen LogP contribution < -0.4 is 5.32 Å². The number of nitrogens with one attached hydrogen (secondary N) is 1. The summed E-state index contributed by atoms with van der Waals surface area (Å²) < 4.78 is 46.3. The monoisotopic (exact) mass is 997 g/mol. The van der Waals surface area contributed by atoms with E-state index in [4.69, 9.17) is 44.8 Å². The quantitative estimate of drug-likeness (QED) is 0.188. The van der Waals surface area contributed by atoms with Crippen molar-refractivity contribution in [2.24, 2.45) is 17.8 Å². The van der Waals surface area contributed by atoms with E-state index in [2.05, 4.69) is 15.6 Å². The van der Waals surface area contributed by atoms with Gasteiger partial charge in [-0.1, -0.05) is 49.7 Å². The fourth-order valence-corrected chi connectivity index (χ4v) is 10.7. The van der Waals surface area contributed by atoms with E-state index in [1.807, 2.05) is 56.9 Å². The minimum Gasteiger partial charge on any atom is -0.459 e. The summed E-state index contributed by atoms with van der Waals surface area (Å²) in [4.78, 5) is 31.7. The molecule has 5 rings (SSSR count). The van der Waals surface area contributed by atoms with Gasteiger partial charge in [0, 0.05) is 43.1 Å². The Hall–Kier alpha value is -3.05.